The third kappa shape index (κ3) is 1.93. The van der Waals surface area contributed by atoms with Crippen LogP contribution in [0.25, 0.3) is 0 Å². The van der Waals surface area contributed by atoms with Gasteiger partial charge in [0.1, 0.15) is 0 Å². The number of rotatable bonds is 2. The van der Waals surface area contributed by atoms with Crippen LogP contribution in [0.3, 0.4) is 0 Å². The van der Waals surface area contributed by atoms with E-state index in [1.54, 1.807) is 0 Å². The number of halogens is 1. The molecule has 2 atom stereocenters. The van der Waals surface area contributed by atoms with Crippen molar-refractivity contribution in [1.29, 1.82) is 0 Å². The Kier molecular flexibility index (Phi) is 3.17. The summed E-state index contributed by atoms with van der Waals surface area (Å²) in [5.74, 6) is -1.07. The summed E-state index contributed by atoms with van der Waals surface area (Å²) in [6, 6.07) is 5.68. The van der Waals surface area contributed by atoms with Crippen LogP contribution in [-0.2, 0) is 4.79 Å². The van der Waals surface area contributed by atoms with Crippen molar-refractivity contribution in [1.82, 2.24) is 5.32 Å². The van der Waals surface area contributed by atoms with Gasteiger partial charge >= 0.3 is 5.97 Å². The Morgan fingerprint density at radius 2 is 2.25 bits per heavy atom. The lowest BCUT2D eigenvalue weighted by molar-refractivity contribution is -0.141. The van der Waals surface area contributed by atoms with Gasteiger partial charge in [-0.1, -0.05) is 23.7 Å². The Labute approximate surface area is 99.4 Å². The van der Waals surface area contributed by atoms with E-state index in [1.807, 2.05) is 25.1 Å². The average molecular weight is 240 g/mol. The van der Waals surface area contributed by atoms with Crippen molar-refractivity contribution >= 4 is 17.6 Å². The van der Waals surface area contributed by atoms with Crippen molar-refractivity contribution in [3.05, 3.63) is 34.3 Å². The summed E-state index contributed by atoms with van der Waals surface area (Å²) in [7, 11) is 0. The summed E-state index contributed by atoms with van der Waals surface area (Å²) < 4.78 is 0. The van der Waals surface area contributed by atoms with Gasteiger partial charge in [-0.2, -0.15) is 0 Å². The smallest absolute Gasteiger partial charge is 0.308 e. The number of hydrogen-bond donors (Lipinski definition) is 2. The van der Waals surface area contributed by atoms with E-state index in [0.717, 1.165) is 11.1 Å². The van der Waals surface area contributed by atoms with Gasteiger partial charge in [0.15, 0.2) is 0 Å². The number of aliphatic carboxylic acids is 1. The van der Waals surface area contributed by atoms with Crippen LogP contribution in [0.15, 0.2) is 18.2 Å². The van der Waals surface area contributed by atoms with Gasteiger partial charge in [0.25, 0.3) is 0 Å². The number of carboxylic acid groups (broad SMARTS) is 1. The molecule has 1 saturated heterocycles. The fourth-order valence-electron chi connectivity index (χ4n) is 2.29. The third-order valence-electron chi connectivity index (χ3n) is 3.24. The van der Waals surface area contributed by atoms with Gasteiger partial charge in [0, 0.05) is 24.0 Å². The van der Waals surface area contributed by atoms with Gasteiger partial charge < -0.3 is 10.4 Å². The van der Waals surface area contributed by atoms with Gasteiger partial charge in [0.2, 0.25) is 0 Å². The van der Waals surface area contributed by atoms with Crippen molar-refractivity contribution in [3.63, 3.8) is 0 Å². The first-order valence-corrected chi connectivity index (χ1v) is 5.67. The molecule has 0 radical (unpaired) electrons. The number of carboxylic acids is 1. The summed E-state index contributed by atoms with van der Waals surface area (Å²) in [6.07, 6.45) is 0. The minimum Gasteiger partial charge on any atom is -0.481 e. The van der Waals surface area contributed by atoms with E-state index in [2.05, 4.69) is 5.32 Å². The van der Waals surface area contributed by atoms with Gasteiger partial charge in [-0.15, -0.1) is 0 Å². The van der Waals surface area contributed by atoms with Gasteiger partial charge in [-0.3, -0.25) is 4.79 Å². The van der Waals surface area contributed by atoms with Crippen LogP contribution in [-0.4, -0.2) is 24.2 Å². The summed E-state index contributed by atoms with van der Waals surface area (Å²) in [6.45, 7) is 3.18. The monoisotopic (exact) mass is 239 g/mol. The van der Waals surface area contributed by atoms with E-state index >= 15 is 0 Å². The Balaban J connectivity index is 2.36. The Morgan fingerprint density at radius 1 is 1.50 bits per heavy atom. The third-order valence-corrected chi connectivity index (χ3v) is 3.65. The quantitative estimate of drug-likeness (QED) is 0.830. The maximum Gasteiger partial charge on any atom is 0.308 e. The molecular formula is C12H14ClNO2. The van der Waals surface area contributed by atoms with Crippen molar-refractivity contribution in [2.24, 2.45) is 5.92 Å². The highest BCUT2D eigenvalue weighted by atomic mass is 35.5. The standard InChI is InChI=1S/C12H14ClNO2/c1-7-8(3-2-4-11(7)13)9-5-14-6-10(9)12(15)16/h2-4,9-10,14H,5-6H2,1H3,(H,15,16). The first-order valence-electron chi connectivity index (χ1n) is 5.30. The van der Waals surface area contributed by atoms with Crippen LogP contribution >= 0.6 is 11.6 Å². The molecule has 4 heteroatoms. The summed E-state index contributed by atoms with van der Waals surface area (Å²) in [5.41, 5.74) is 2.04. The lowest BCUT2D eigenvalue weighted by Gasteiger charge is -2.18. The molecule has 1 aliphatic rings. The number of hydrogen-bond acceptors (Lipinski definition) is 2. The fourth-order valence-corrected chi connectivity index (χ4v) is 2.47. The second-order valence-electron chi connectivity index (χ2n) is 4.16. The summed E-state index contributed by atoms with van der Waals surface area (Å²) in [4.78, 5) is 11.1. The maximum atomic E-state index is 11.1. The van der Waals surface area contributed by atoms with Crippen molar-refractivity contribution in [3.8, 4) is 0 Å². The number of carbonyl (C=O) groups is 1. The molecule has 0 saturated carbocycles. The molecule has 0 aromatic heterocycles. The van der Waals surface area contributed by atoms with Crippen LogP contribution in [0.2, 0.25) is 5.02 Å². The van der Waals surface area contributed by atoms with E-state index in [1.165, 1.54) is 0 Å². The molecule has 0 amide bonds. The molecule has 3 nitrogen and oxygen atoms in total. The second-order valence-corrected chi connectivity index (χ2v) is 4.57. The summed E-state index contributed by atoms with van der Waals surface area (Å²) >= 11 is 6.05. The zero-order valence-electron chi connectivity index (χ0n) is 9.03. The molecule has 0 spiro atoms. The highest BCUT2D eigenvalue weighted by Crippen LogP contribution is 2.32. The van der Waals surface area contributed by atoms with Gasteiger partial charge in [-0.05, 0) is 24.1 Å². The Bertz CT molecular complexity index is 419. The largest absolute Gasteiger partial charge is 0.481 e. The summed E-state index contributed by atoms with van der Waals surface area (Å²) in [5, 5.41) is 13.0. The van der Waals surface area contributed by atoms with E-state index in [9.17, 15) is 4.79 Å². The van der Waals surface area contributed by atoms with Crippen LogP contribution in [0.4, 0.5) is 0 Å². The van der Waals surface area contributed by atoms with Crippen molar-refractivity contribution < 1.29 is 9.90 Å². The zero-order chi connectivity index (χ0) is 11.7. The molecule has 2 N–H and O–H groups in total. The predicted molar refractivity (Wildman–Crippen MR) is 62.9 cm³/mol. The van der Waals surface area contributed by atoms with Crippen molar-refractivity contribution in [2.45, 2.75) is 12.8 Å². The van der Waals surface area contributed by atoms with E-state index in [-0.39, 0.29) is 11.8 Å². The van der Waals surface area contributed by atoms with Crippen molar-refractivity contribution in [2.75, 3.05) is 13.1 Å². The average Bonchev–Trinajstić information content (AvgIpc) is 2.70. The van der Waals surface area contributed by atoms with Gasteiger partial charge in [0.05, 0.1) is 5.92 Å². The van der Waals surface area contributed by atoms with Crippen LogP contribution < -0.4 is 5.32 Å². The molecule has 0 aliphatic carbocycles. The molecule has 1 fully saturated rings. The SMILES string of the molecule is Cc1c(Cl)cccc1C1CNCC1C(=O)O. The Morgan fingerprint density at radius 3 is 2.94 bits per heavy atom. The second kappa shape index (κ2) is 4.44. The van der Waals surface area contributed by atoms with E-state index in [4.69, 9.17) is 16.7 Å². The molecule has 86 valence electrons. The van der Waals surface area contributed by atoms with E-state index in [0.29, 0.717) is 18.1 Å². The number of nitrogens with one attached hydrogen (secondary N) is 1. The molecule has 1 aliphatic heterocycles. The molecule has 2 unspecified atom stereocenters. The highest BCUT2D eigenvalue weighted by molar-refractivity contribution is 6.31. The number of benzene rings is 1. The molecule has 1 aromatic rings. The highest BCUT2D eigenvalue weighted by Gasteiger charge is 2.34. The first-order chi connectivity index (χ1) is 7.61. The van der Waals surface area contributed by atoms with Gasteiger partial charge in [-0.25, -0.2) is 0 Å². The minimum absolute atomic E-state index is 0.0243. The lowest BCUT2D eigenvalue weighted by Crippen LogP contribution is -2.21. The predicted octanol–water partition coefficient (Wildman–Crippen LogP) is 2.04. The zero-order valence-corrected chi connectivity index (χ0v) is 9.79. The molecular weight excluding hydrogens is 226 g/mol. The fraction of sp³-hybridized carbons (Fsp3) is 0.417. The molecule has 1 heterocycles. The Hall–Kier alpha value is -1.06. The van der Waals surface area contributed by atoms with Crippen LogP contribution in [0.5, 0.6) is 0 Å². The van der Waals surface area contributed by atoms with E-state index < -0.39 is 5.97 Å². The van der Waals surface area contributed by atoms with Crippen LogP contribution in [0, 0.1) is 12.8 Å². The maximum absolute atomic E-state index is 11.1. The first kappa shape index (κ1) is 11.4. The normalized spacial score (nSPS) is 24.6. The molecule has 2 rings (SSSR count). The topological polar surface area (TPSA) is 49.3 Å². The van der Waals surface area contributed by atoms with Crippen LogP contribution in [0.1, 0.15) is 17.0 Å². The minimum atomic E-state index is -0.741. The molecule has 1 aromatic carbocycles. The molecule has 0 bridgehead atoms. The molecule has 16 heavy (non-hydrogen) atoms. The lowest BCUT2D eigenvalue weighted by atomic mass is 9.86.